The highest BCUT2D eigenvalue weighted by molar-refractivity contribution is 7.89. The minimum absolute atomic E-state index is 0.0462. The minimum Gasteiger partial charge on any atom is -0.462 e. The molecule has 7 nitrogen and oxygen atoms in total. The lowest BCUT2D eigenvalue weighted by Gasteiger charge is -2.11. The number of amides is 1. The largest absolute Gasteiger partial charge is 0.462 e. The van der Waals surface area contributed by atoms with Crippen molar-refractivity contribution in [3.8, 4) is 0 Å². The fourth-order valence-corrected chi connectivity index (χ4v) is 3.28. The standard InChI is InChI=1S/C19H22N2O5S/c1-4-26-19(23)15-7-9-16(10-8-15)27(24,25)20-12-18(22)21-17-11-13(2)5-6-14(17)3/h5-11,20H,4,12H2,1-3H3,(H,21,22). The summed E-state index contributed by atoms with van der Waals surface area (Å²) in [5.74, 6) is -1.00. The van der Waals surface area contributed by atoms with Crippen LogP contribution in [0.2, 0.25) is 0 Å². The summed E-state index contributed by atoms with van der Waals surface area (Å²) in [7, 11) is -3.88. The summed E-state index contributed by atoms with van der Waals surface area (Å²) >= 11 is 0. The molecule has 0 aliphatic rings. The second kappa shape index (κ2) is 8.79. The molecule has 0 atom stereocenters. The molecule has 2 aromatic rings. The van der Waals surface area contributed by atoms with Gasteiger partial charge < -0.3 is 10.1 Å². The molecule has 2 rings (SSSR count). The van der Waals surface area contributed by atoms with Crippen molar-refractivity contribution >= 4 is 27.6 Å². The molecular weight excluding hydrogens is 368 g/mol. The lowest BCUT2D eigenvalue weighted by Crippen LogP contribution is -2.33. The number of anilines is 1. The maximum atomic E-state index is 12.3. The zero-order valence-corrected chi connectivity index (χ0v) is 16.2. The van der Waals surface area contributed by atoms with Gasteiger partial charge >= 0.3 is 5.97 Å². The van der Waals surface area contributed by atoms with E-state index < -0.39 is 28.4 Å². The van der Waals surface area contributed by atoms with Crippen LogP contribution >= 0.6 is 0 Å². The number of nitrogens with one attached hydrogen (secondary N) is 2. The average Bonchev–Trinajstić information content (AvgIpc) is 2.63. The Morgan fingerprint density at radius 1 is 1.04 bits per heavy atom. The molecule has 0 heterocycles. The SMILES string of the molecule is CCOC(=O)c1ccc(S(=O)(=O)NCC(=O)Nc2cc(C)ccc2C)cc1. The van der Waals surface area contributed by atoms with Gasteiger partial charge in [0.25, 0.3) is 0 Å². The topological polar surface area (TPSA) is 102 Å². The summed E-state index contributed by atoms with van der Waals surface area (Å²) < 4.78 is 31.7. The number of carbonyl (C=O) groups is 2. The molecule has 0 aromatic heterocycles. The summed E-state index contributed by atoms with van der Waals surface area (Å²) in [4.78, 5) is 23.6. The van der Waals surface area contributed by atoms with Gasteiger partial charge in [-0.05, 0) is 62.2 Å². The van der Waals surface area contributed by atoms with Crippen molar-refractivity contribution in [2.75, 3.05) is 18.5 Å². The number of aryl methyl sites for hydroxylation is 2. The fourth-order valence-electron chi connectivity index (χ4n) is 2.29. The van der Waals surface area contributed by atoms with Gasteiger partial charge in [0.2, 0.25) is 15.9 Å². The number of benzene rings is 2. The smallest absolute Gasteiger partial charge is 0.338 e. The van der Waals surface area contributed by atoms with E-state index in [2.05, 4.69) is 10.0 Å². The van der Waals surface area contributed by atoms with Gasteiger partial charge in [-0.25, -0.2) is 17.9 Å². The third kappa shape index (κ3) is 5.63. The molecule has 0 fully saturated rings. The maximum Gasteiger partial charge on any atom is 0.338 e. The molecule has 0 spiro atoms. The predicted octanol–water partition coefficient (Wildman–Crippen LogP) is 2.40. The van der Waals surface area contributed by atoms with Crippen LogP contribution in [-0.2, 0) is 19.6 Å². The summed E-state index contributed by atoms with van der Waals surface area (Å²) in [5.41, 5.74) is 2.76. The Balaban J connectivity index is 2.00. The number of hydrogen-bond donors (Lipinski definition) is 2. The molecule has 0 aliphatic carbocycles. The van der Waals surface area contributed by atoms with E-state index in [4.69, 9.17) is 4.74 Å². The van der Waals surface area contributed by atoms with Crippen LogP contribution in [0.4, 0.5) is 5.69 Å². The normalized spacial score (nSPS) is 11.1. The van der Waals surface area contributed by atoms with Crippen molar-refractivity contribution in [2.24, 2.45) is 0 Å². The Morgan fingerprint density at radius 2 is 1.70 bits per heavy atom. The van der Waals surface area contributed by atoms with E-state index in [0.717, 1.165) is 11.1 Å². The van der Waals surface area contributed by atoms with Crippen molar-refractivity contribution in [3.05, 3.63) is 59.2 Å². The number of rotatable bonds is 7. The Bertz CT molecular complexity index is 937. The molecule has 2 aromatic carbocycles. The number of sulfonamides is 1. The number of esters is 1. The lowest BCUT2D eigenvalue weighted by atomic mass is 10.1. The van der Waals surface area contributed by atoms with Crippen LogP contribution in [0.25, 0.3) is 0 Å². The van der Waals surface area contributed by atoms with E-state index in [0.29, 0.717) is 5.69 Å². The van der Waals surface area contributed by atoms with Gasteiger partial charge in [-0.1, -0.05) is 12.1 Å². The van der Waals surface area contributed by atoms with Crippen molar-refractivity contribution in [3.63, 3.8) is 0 Å². The summed E-state index contributed by atoms with van der Waals surface area (Å²) in [6.07, 6.45) is 0. The highest BCUT2D eigenvalue weighted by atomic mass is 32.2. The average molecular weight is 390 g/mol. The van der Waals surface area contributed by atoms with Crippen molar-refractivity contribution in [1.82, 2.24) is 4.72 Å². The number of ether oxygens (including phenoxy) is 1. The van der Waals surface area contributed by atoms with Gasteiger partial charge in [-0.3, -0.25) is 4.79 Å². The summed E-state index contributed by atoms with van der Waals surface area (Å²) in [6.45, 7) is 5.26. The highest BCUT2D eigenvalue weighted by Gasteiger charge is 2.17. The van der Waals surface area contributed by atoms with Gasteiger partial charge in [0, 0.05) is 5.69 Å². The summed E-state index contributed by atoms with van der Waals surface area (Å²) in [5, 5.41) is 2.69. The van der Waals surface area contributed by atoms with Crippen LogP contribution in [0, 0.1) is 13.8 Å². The molecular formula is C19H22N2O5S. The van der Waals surface area contributed by atoms with Gasteiger partial charge in [0.15, 0.2) is 0 Å². The summed E-state index contributed by atoms with van der Waals surface area (Å²) in [6, 6.07) is 10.9. The van der Waals surface area contributed by atoms with E-state index in [9.17, 15) is 18.0 Å². The number of carbonyl (C=O) groups excluding carboxylic acids is 2. The van der Waals surface area contributed by atoms with E-state index >= 15 is 0 Å². The third-order valence-corrected chi connectivity index (χ3v) is 5.18. The zero-order chi connectivity index (χ0) is 20.0. The second-order valence-electron chi connectivity index (χ2n) is 5.94. The molecule has 0 aliphatic heterocycles. The first kappa shape index (κ1) is 20.6. The molecule has 1 amide bonds. The van der Waals surface area contributed by atoms with Gasteiger partial charge in [0.05, 0.1) is 23.6 Å². The van der Waals surface area contributed by atoms with Crippen molar-refractivity contribution in [2.45, 2.75) is 25.7 Å². The van der Waals surface area contributed by atoms with Gasteiger partial charge in [-0.2, -0.15) is 0 Å². The Morgan fingerprint density at radius 3 is 2.33 bits per heavy atom. The maximum absolute atomic E-state index is 12.3. The third-order valence-electron chi connectivity index (χ3n) is 3.77. The van der Waals surface area contributed by atoms with Crippen LogP contribution in [0.1, 0.15) is 28.4 Å². The first-order valence-corrected chi connectivity index (χ1v) is 9.85. The highest BCUT2D eigenvalue weighted by Crippen LogP contribution is 2.16. The molecule has 0 bridgehead atoms. The van der Waals surface area contributed by atoms with Crippen LogP contribution < -0.4 is 10.0 Å². The Hall–Kier alpha value is -2.71. The molecule has 0 saturated heterocycles. The molecule has 27 heavy (non-hydrogen) atoms. The van der Waals surface area contributed by atoms with Crippen LogP contribution in [0.5, 0.6) is 0 Å². The van der Waals surface area contributed by atoms with Gasteiger partial charge in [0.1, 0.15) is 0 Å². The molecule has 144 valence electrons. The van der Waals surface area contributed by atoms with Crippen molar-refractivity contribution < 1.29 is 22.7 Å². The molecule has 0 saturated carbocycles. The van der Waals surface area contributed by atoms with Crippen LogP contribution in [0.3, 0.4) is 0 Å². The quantitative estimate of drug-likeness (QED) is 0.707. The monoisotopic (exact) mass is 390 g/mol. The van der Waals surface area contributed by atoms with Crippen LogP contribution in [-0.4, -0.2) is 33.4 Å². The van der Waals surface area contributed by atoms with Crippen LogP contribution in [0.15, 0.2) is 47.4 Å². The molecule has 0 unspecified atom stereocenters. The first-order chi connectivity index (χ1) is 12.7. The first-order valence-electron chi connectivity index (χ1n) is 8.37. The zero-order valence-electron chi connectivity index (χ0n) is 15.4. The Kier molecular flexibility index (Phi) is 6.70. The minimum atomic E-state index is -3.88. The Labute approximate surface area is 158 Å². The van der Waals surface area contributed by atoms with E-state index in [-0.39, 0.29) is 17.1 Å². The number of hydrogen-bond acceptors (Lipinski definition) is 5. The fraction of sp³-hybridized carbons (Fsp3) is 0.263. The van der Waals surface area contributed by atoms with E-state index in [1.165, 1.54) is 24.3 Å². The molecule has 0 radical (unpaired) electrons. The van der Waals surface area contributed by atoms with E-state index in [1.807, 2.05) is 32.0 Å². The van der Waals surface area contributed by atoms with Crippen molar-refractivity contribution in [1.29, 1.82) is 0 Å². The van der Waals surface area contributed by atoms with Gasteiger partial charge in [-0.15, -0.1) is 0 Å². The predicted molar refractivity (Wildman–Crippen MR) is 102 cm³/mol. The molecule has 2 N–H and O–H groups in total. The lowest BCUT2D eigenvalue weighted by molar-refractivity contribution is -0.115. The molecule has 8 heteroatoms. The second-order valence-corrected chi connectivity index (χ2v) is 7.70. The van der Waals surface area contributed by atoms with E-state index in [1.54, 1.807) is 6.92 Å².